The predicted octanol–water partition coefficient (Wildman–Crippen LogP) is 1.53. The summed E-state index contributed by atoms with van der Waals surface area (Å²) in [6.45, 7) is 7.05. The zero-order chi connectivity index (χ0) is 18.3. The maximum absolute atomic E-state index is 11.8. The van der Waals surface area contributed by atoms with Crippen LogP contribution in [-0.4, -0.2) is 55.8 Å². The van der Waals surface area contributed by atoms with Crippen molar-refractivity contribution < 1.29 is 14.3 Å². The van der Waals surface area contributed by atoms with Crippen LogP contribution < -0.4 is 15.8 Å². The van der Waals surface area contributed by atoms with Crippen molar-refractivity contribution in [1.29, 1.82) is 0 Å². The van der Waals surface area contributed by atoms with Crippen molar-refractivity contribution >= 4 is 5.91 Å². The number of nitrogens with zero attached hydrogens (tertiary/aromatic N) is 1. The molecular weight excluding hydrogens is 318 g/mol. The van der Waals surface area contributed by atoms with E-state index in [1.54, 1.807) is 13.8 Å². The van der Waals surface area contributed by atoms with Crippen LogP contribution in [0.25, 0.3) is 0 Å². The average Bonchev–Trinajstić information content (AvgIpc) is 2.60. The fourth-order valence-electron chi connectivity index (χ4n) is 2.77. The first-order valence-electron chi connectivity index (χ1n) is 8.93. The monoisotopic (exact) mass is 349 g/mol. The van der Waals surface area contributed by atoms with E-state index >= 15 is 0 Å². The number of likely N-dealkylation sites (N-methyl/N-ethyl adjacent to an activating group) is 1. The molecule has 1 aromatic rings. The van der Waals surface area contributed by atoms with Crippen LogP contribution in [0.4, 0.5) is 0 Å². The lowest BCUT2D eigenvalue weighted by Crippen LogP contribution is -2.48. The van der Waals surface area contributed by atoms with Gasteiger partial charge in [0.25, 0.3) is 0 Å². The van der Waals surface area contributed by atoms with Gasteiger partial charge in [0.2, 0.25) is 5.91 Å². The van der Waals surface area contributed by atoms with Crippen molar-refractivity contribution in [2.45, 2.75) is 44.8 Å². The van der Waals surface area contributed by atoms with Crippen LogP contribution in [0, 0.1) is 0 Å². The van der Waals surface area contributed by atoms with Crippen LogP contribution in [-0.2, 0) is 16.1 Å². The Bertz CT molecular complexity index is 551. The normalized spacial score (nSPS) is 16.0. The van der Waals surface area contributed by atoms with E-state index in [-0.39, 0.29) is 5.91 Å². The highest BCUT2D eigenvalue weighted by atomic mass is 16.5. The summed E-state index contributed by atoms with van der Waals surface area (Å²) in [5.74, 6) is 0.649. The molecule has 0 atom stereocenters. The lowest BCUT2D eigenvalue weighted by molar-refractivity contribution is -0.125. The van der Waals surface area contributed by atoms with E-state index in [1.807, 2.05) is 24.3 Å². The molecule has 140 valence electrons. The molecule has 1 aliphatic rings. The van der Waals surface area contributed by atoms with Gasteiger partial charge in [-0.05, 0) is 51.4 Å². The van der Waals surface area contributed by atoms with E-state index < -0.39 is 5.54 Å². The Labute approximate surface area is 150 Å². The number of rotatable bonds is 8. The smallest absolute Gasteiger partial charge is 0.239 e. The second kappa shape index (κ2) is 9.17. The number of carbonyl (C=O) groups is 1. The molecule has 0 aliphatic carbocycles. The number of ether oxygens (including phenoxy) is 2. The Morgan fingerprint density at radius 1 is 1.40 bits per heavy atom. The quantitative estimate of drug-likeness (QED) is 0.744. The van der Waals surface area contributed by atoms with Gasteiger partial charge in [-0.3, -0.25) is 9.69 Å². The highest BCUT2D eigenvalue weighted by Gasteiger charge is 2.21. The molecule has 0 saturated carbocycles. The minimum absolute atomic E-state index is 0.170. The second-order valence-electron chi connectivity index (χ2n) is 7.22. The van der Waals surface area contributed by atoms with Gasteiger partial charge in [-0.1, -0.05) is 12.1 Å². The van der Waals surface area contributed by atoms with Gasteiger partial charge < -0.3 is 20.5 Å². The molecule has 3 N–H and O–H groups in total. The largest absolute Gasteiger partial charge is 0.492 e. The van der Waals surface area contributed by atoms with Gasteiger partial charge in [-0.2, -0.15) is 0 Å². The zero-order valence-corrected chi connectivity index (χ0v) is 15.6. The first kappa shape index (κ1) is 19.7. The molecule has 1 aliphatic heterocycles. The van der Waals surface area contributed by atoms with Crippen molar-refractivity contribution in [3.05, 3.63) is 29.8 Å². The molecule has 1 aromatic carbocycles. The molecule has 25 heavy (non-hydrogen) atoms. The van der Waals surface area contributed by atoms with Crippen molar-refractivity contribution in [2.75, 3.05) is 33.4 Å². The first-order chi connectivity index (χ1) is 11.9. The van der Waals surface area contributed by atoms with Crippen molar-refractivity contribution in [1.82, 2.24) is 10.2 Å². The Kier molecular flexibility index (Phi) is 7.23. The van der Waals surface area contributed by atoms with Crippen LogP contribution >= 0.6 is 0 Å². The summed E-state index contributed by atoms with van der Waals surface area (Å²) in [5, 5.41) is 2.84. The van der Waals surface area contributed by atoms with E-state index in [1.165, 1.54) is 0 Å². The Balaban J connectivity index is 1.76. The molecule has 1 amide bonds. The second-order valence-corrected chi connectivity index (χ2v) is 7.22. The molecule has 0 spiro atoms. The molecule has 6 heteroatoms. The van der Waals surface area contributed by atoms with E-state index in [0.29, 0.717) is 19.2 Å². The van der Waals surface area contributed by atoms with Crippen LogP contribution in [0.5, 0.6) is 5.75 Å². The molecule has 6 nitrogen and oxygen atoms in total. The number of hydrogen-bond donors (Lipinski definition) is 2. The van der Waals surface area contributed by atoms with Crippen molar-refractivity contribution in [3.8, 4) is 5.75 Å². The standard InChI is InChI=1S/C19H31N3O3/c1-19(2,20)18(23)21-14-15-5-4-6-17(13-15)25-12-9-22(3)16-7-10-24-11-8-16/h4-6,13,16H,7-12,14,20H2,1-3H3,(H,21,23). The number of amides is 1. The third-order valence-electron chi connectivity index (χ3n) is 4.46. The highest BCUT2D eigenvalue weighted by Crippen LogP contribution is 2.15. The Morgan fingerprint density at radius 3 is 2.80 bits per heavy atom. The summed E-state index contributed by atoms with van der Waals surface area (Å²) in [4.78, 5) is 14.2. The van der Waals surface area contributed by atoms with Crippen molar-refractivity contribution in [2.24, 2.45) is 5.73 Å². The van der Waals surface area contributed by atoms with Crippen LogP contribution in [0.3, 0.4) is 0 Å². The molecule has 0 unspecified atom stereocenters. The van der Waals surface area contributed by atoms with E-state index in [2.05, 4.69) is 17.3 Å². The molecule has 1 fully saturated rings. The summed E-state index contributed by atoms with van der Waals surface area (Å²) in [5.41, 5.74) is 5.90. The number of hydrogen-bond acceptors (Lipinski definition) is 5. The lowest BCUT2D eigenvalue weighted by atomic mass is 10.1. The van der Waals surface area contributed by atoms with Gasteiger partial charge >= 0.3 is 0 Å². The number of benzene rings is 1. The summed E-state index contributed by atoms with van der Waals surface area (Å²) in [6, 6.07) is 8.38. The van der Waals surface area contributed by atoms with E-state index in [0.717, 1.165) is 43.9 Å². The zero-order valence-electron chi connectivity index (χ0n) is 15.6. The maximum atomic E-state index is 11.8. The van der Waals surface area contributed by atoms with Crippen LogP contribution in [0.1, 0.15) is 32.3 Å². The number of nitrogens with two attached hydrogens (primary N) is 1. The van der Waals surface area contributed by atoms with Gasteiger partial charge in [0, 0.05) is 32.3 Å². The summed E-state index contributed by atoms with van der Waals surface area (Å²) in [6.07, 6.45) is 2.17. The number of carbonyl (C=O) groups excluding carboxylic acids is 1. The van der Waals surface area contributed by atoms with Gasteiger partial charge in [-0.25, -0.2) is 0 Å². The molecule has 0 radical (unpaired) electrons. The fourth-order valence-corrected chi connectivity index (χ4v) is 2.77. The SMILES string of the molecule is CN(CCOc1cccc(CNC(=O)C(C)(C)N)c1)C1CCOCC1. The summed E-state index contributed by atoms with van der Waals surface area (Å²) < 4.78 is 11.3. The van der Waals surface area contributed by atoms with Gasteiger partial charge in [0.1, 0.15) is 12.4 Å². The van der Waals surface area contributed by atoms with Gasteiger partial charge in [-0.15, -0.1) is 0 Å². The topological polar surface area (TPSA) is 76.8 Å². The van der Waals surface area contributed by atoms with E-state index in [4.69, 9.17) is 15.2 Å². The molecule has 0 bridgehead atoms. The van der Waals surface area contributed by atoms with Gasteiger partial charge in [0.05, 0.1) is 5.54 Å². The molecule has 1 saturated heterocycles. The molecular formula is C19H31N3O3. The predicted molar refractivity (Wildman–Crippen MR) is 98.5 cm³/mol. The molecule has 2 rings (SSSR count). The lowest BCUT2D eigenvalue weighted by Gasteiger charge is -2.31. The maximum Gasteiger partial charge on any atom is 0.239 e. The minimum Gasteiger partial charge on any atom is -0.492 e. The van der Waals surface area contributed by atoms with Crippen LogP contribution in [0.15, 0.2) is 24.3 Å². The average molecular weight is 349 g/mol. The van der Waals surface area contributed by atoms with Crippen LogP contribution in [0.2, 0.25) is 0 Å². The Hall–Kier alpha value is -1.63. The first-order valence-corrected chi connectivity index (χ1v) is 8.93. The fraction of sp³-hybridized carbons (Fsp3) is 0.632. The third kappa shape index (κ3) is 6.65. The third-order valence-corrected chi connectivity index (χ3v) is 4.46. The summed E-state index contributed by atoms with van der Waals surface area (Å²) >= 11 is 0. The van der Waals surface area contributed by atoms with Crippen molar-refractivity contribution in [3.63, 3.8) is 0 Å². The minimum atomic E-state index is -0.872. The molecule has 1 heterocycles. The van der Waals surface area contributed by atoms with E-state index in [9.17, 15) is 4.79 Å². The summed E-state index contributed by atoms with van der Waals surface area (Å²) in [7, 11) is 2.14. The Morgan fingerprint density at radius 2 is 2.12 bits per heavy atom. The molecule has 0 aromatic heterocycles. The van der Waals surface area contributed by atoms with Gasteiger partial charge in [0.15, 0.2) is 0 Å². The highest BCUT2D eigenvalue weighted by molar-refractivity contribution is 5.84. The number of nitrogens with one attached hydrogen (secondary N) is 1.